The Kier molecular flexibility index (Phi) is 8.22. The highest BCUT2D eigenvalue weighted by atomic mass is 16.6. The van der Waals surface area contributed by atoms with Crippen LogP contribution in [0.1, 0.15) is 37.8 Å². The summed E-state index contributed by atoms with van der Waals surface area (Å²) < 4.78 is 0. The molecule has 0 bridgehead atoms. The summed E-state index contributed by atoms with van der Waals surface area (Å²) in [7, 11) is 0. The molecule has 0 aliphatic carbocycles. The van der Waals surface area contributed by atoms with Crippen LogP contribution >= 0.6 is 0 Å². The van der Waals surface area contributed by atoms with E-state index in [4.69, 9.17) is 0 Å². The number of benzene rings is 2. The van der Waals surface area contributed by atoms with Crippen LogP contribution in [-0.2, 0) is 9.59 Å². The first-order valence-electron chi connectivity index (χ1n) is 9.33. The number of amides is 2. The number of carbonyl (C=O) groups is 2. The molecule has 0 fully saturated rings. The number of nitrogens with one attached hydrogen (secondary N) is 2. The number of nitrogens with zero attached hydrogens (tertiary/aromatic N) is 4. The van der Waals surface area contributed by atoms with E-state index in [0.717, 1.165) is 0 Å². The van der Waals surface area contributed by atoms with Gasteiger partial charge < -0.3 is 0 Å². The van der Waals surface area contributed by atoms with Gasteiger partial charge in [0.1, 0.15) is 0 Å². The van der Waals surface area contributed by atoms with Crippen molar-refractivity contribution >= 4 is 34.6 Å². The number of nitro groups is 2. The molecular weight excluding hydrogens is 420 g/mol. The lowest BCUT2D eigenvalue weighted by molar-refractivity contribution is -0.385. The van der Waals surface area contributed by atoms with E-state index in [0.29, 0.717) is 22.6 Å². The minimum atomic E-state index is -0.531. The van der Waals surface area contributed by atoms with Crippen molar-refractivity contribution < 1.29 is 19.4 Å². The number of rotatable bonds is 9. The lowest BCUT2D eigenvalue weighted by Crippen LogP contribution is -2.24. The molecule has 0 saturated heterocycles. The van der Waals surface area contributed by atoms with Crippen LogP contribution < -0.4 is 10.9 Å². The molecule has 2 amide bonds. The van der Waals surface area contributed by atoms with E-state index in [9.17, 15) is 29.8 Å². The zero-order valence-corrected chi connectivity index (χ0v) is 17.3. The second-order valence-corrected chi connectivity index (χ2v) is 6.58. The molecule has 2 aromatic carbocycles. The largest absolute Gasteiger partial charge is 0.273 e. The fourth-order valence-corrected chi connectivity index (χ4v) is 2.45. The molecule has 0 unspecified atom stereocenters. The molecule has 0 aromatic heterocycles. The van der Waals surface area contributed by atoms with Gasteiger partial charge in [0.25, 0.3) is 11.4 Å². The SMILES string of the molecule is C/C(=N/NC(=O)CCC(=O)N/N=C(/C)c1cccc([N+](=O)[O-])c1)c1cccc([N+](=O)[O-])c1. The molecule has 2 rings (SSSR count). The summed E-state index contributed by atoms with van der Waals surface area (Å²) in [5.41, 5.74) is 6.07. The van der Waals surface area contributed by atoms with E-state index in [1.54, 1.807) is 26.0 Å². The van der Waals surface area contributed by atoms with Crippen LogP contribution in [0.5, 0.6) is 0 Å². The second-order valence-electron chi connectivity index (χ2n) is 6.58. The van der Waals surface area contributed by atoms with E-state index < -0.39 is 21.7 Å². The van der Waals surface area contributed by atoms with E-state index in [1.807, 2.05) is 0 Å². The van der Waals surface area contributed by atoms with Gasteiger partial charge in [-0.05, 0) is 13.8 Å². The highest BCUT2D eigenvalue weighted by molar-refractivity contribution is 6.00. The van der Waals surface area contributed by atoms with Gasteiger partial charge in [-0.15, -0.1) is 0 Å². The summed E-state index contributed by atoms with van der Waals surface area (Å²) >= 11 is 0. The zero-order chi connectivity index (χ0) is 23.7. The van der Waals surface area contributed by atoms with Gasteiger partial charge in [-0.2, -0.15) is 10.2 Å². The molecule has 166 valence electrons. The summed E-state index contributed by atoms with van der Waals surface area (Å²) in [6.07, 6.45) is -0.328. The van der Waals surface area contributed by atoms with Gasteiger partial charge in [0.2, 0.25) is 11.8 Å². The standard InChI is InChI=1S/C20H20N6O6/c1-13(15-5-3-7-17(11-15)25(29)30)21-23-19(27)9-10-20(28)24-22-14(2)16-6-4-8-18(12-16)26(31)32/h3-8,11-12H,9-10H2,1-2H3,(H,23,27)(H,24,28)/b21-13-,22-14-. The van der Waals surface area contributed by atoms with Gasteiger partial charge in [0, 0.05) is 48.2 Å². The van der Waals surface area contributed by atoms with Gasteiger partial charge >= 0.3 is 0 Å². The minimum Gasteiger partial charge on any atom is -0.273 e. The first kappa shape index (κ1) is 23.8. The normalized spacial score (nSPS) is 11.6. The van der Waals surface area contributed by atoms with E-state index in [-0.39, 0.29) is 24.2 Å². The van der Waals surface area contributed by atoms with Gasteiger partial charge in [0.05, 0.1) is 21.3 Å². The fraction of sp³-hybridized carbons (Fsp3) is 0.200. The zero-order valence-electron chi connectivity index (χ0n) is 17.3. The van der Waals surface area contributed by atoms with Crippen molar-refractivity contribution in [3.63, 3.8) is 0 Å². The monoisotopic (exact) mass is 440 g/mol. The quantitative estimate of drug-likeness (QED) is 0.345. The third-order valence-corrected chi connectivity index (χ3v) is 4.23. The van der Waals surface area contributed by atoms with Crippen LogP contribution in [0.4, 0.5) is 11.4 Å². The molecule has 0 radical (unpaired) electrons. The maximum atomic E-state index is 11.9. The van der Waals surface area contributed by atoms with Crippen molar-refractivity contribution in [2.24, 2.45) is 10.2 Å². The topological polar surface area (TPSA) is 169 Å². The summed E-state index contributed by atoms with van der Waals surface area (Å²) in [6, 6.07) is 11.6. The molecular formula is C20H20N6O6. The van der Waals surface area contributed by atoms with Crippen molar-refractivity contribution in [3.8, 4) is 0 Å². The first-order valence-corrected chi connectivity index (χ1v) is 9.33. The first-order chi connectivity index (χ1) is 15.2. The molecule has 0 aliphatic rings. The average molecular weight is 440 g/mol. The van der Waals surface area contributed by atoms with Crippen LogP contribution in [0.3, 0.4) is 0 Å². The Morgan fingerprint density at radius 3 is 1.50 bits per heavy atom. The molecule has 32 heavy (non-hydrogen) atoms. The van der Waals surface area contributed by atoms with Crippen LogP contribution in [0.15, 0.2) is 58.7 Å². The van der Waals surface area contributed by atoms with Crippen LogP contribution in [0, 0.1) is 20.2 Å². The van der Waals surface area contributed by atoms with Gasteiger partial charge in [0.15, 0.2) is 0 Å². The van der Waals surface area contributed by atoms with Crippen LogP contribution in [0.25, 0.3) is 0 Å². The molecule has 0 atom stereocenters. The number of non-ortho nitro benzene ring substituents is 2. The molecule has 2 aromatic rings. The van der Waals surface area contributed by atoms with E-state index >= 15 is 0 Å². The number of hydrazone groups is 2. The Labute approximate surface area is 182 Å². The van der Waals surface area contributed by atoms with Crippen molar-refractivity contribution in [1.82, 2.24) is 10.9 Å². The van der Waals surface area contributed by atoms with Gasteiger partial charge in [-0.25, -0.2) is 10.9 Å². The van der Waals surface area contributed by atoms with Crippen LogP contribution in [0.2, 0.25) is 0 Å². The Hall–Kier alpha value is -4.48. The second kappa shape index (κ2) is 11.1. The lowest BCUT2D eigenvalue weighted by atomic mass is 10.1. The Bertz CT molecular complexity index is 1020. The molecule has 0 saturated carbocycles. The maximum Gasteiger partial charge on any atom is 0.270 e. The fourth-order valence-electron chi connectivity index (χ4n) is 2.45. The Morgan fingerprint density at radius 2 is 1.16 bits per heavy atom. The van der Waals surface area contributed by atoms with E-state index in [2.05, 4.69) is 21.1 Å². The predicted octanol–water partition coefficient (Wildman–Crippen LogP) is 2.66. The molecule has 0 heterocycles. The molecule has 12 heteroatoms. The summed E-state index contributed by atoms with van der Waals surface area (Å²) in [6.45, 7) is 3.16. The Balaban J connectivity index is 1.85. The average Bonchev–Trinajstić information content (AvgIpc) is 2.79. The lowest BCUT2D eigenvalue weighted by Gasteiger charge is -2.04. The number of hydrogen-bond donors (Lipinski definition) is 2. The highest BCUT2D eigenvalue weighted by Gasteiger charge is 2.10. The van der Waals surface area contributed by atoms with Crippen molar-refractivity contribution in [3.05, 3.63) is 79.9 Å². The van der Waals surface area contributed by atoms with Crippen molar-refractivity contribution in [1.29, 1.82) is 0 Å². The van der Waals surface area contributed by atoms with Gasteiger partial charge in [-0.1, -0.05) is 24.3 Å². The van der Waals surface area contributed by atoms with E-state index in [1.165, 1.54) is 36.4 Å². The maximum absolute atomic E-state index is 11.9. The third-order valence-electron chi connectivity index (χ3n) is 4.23. The summed E-state index contributed by atoms with van der Waals surface area (Å²) in [4.78, 5) is 44.4. The number of nitro benzene ring substituents is 2. The minimum absolute atomic E-state index is 0.0963. The summed E-state index contributed by atoms with van der Waals surface area (Å²) in [5, 5.41) is 29.4. The molecule has 12 nitrogen and oxygen atoms in total. The predicted molar refractivity (Wildman–Crippen MR) is 116 cm³/mol. The summed E-state index contributed by atoms with van der Waals surface area (Å²) in [5.74, 6) is -1.05. The Morgan fingerprint density at radius 1 is 0.781 bits per heavy atom. The molecule has 0 spiro atoms. The molecule has 0 aliphatic heterocycles. The number of carbonyl (C=O) groups excluding carboxylic acids is 2. The van der Waals surface area contributed by atoms with Gasteiger partial charge in [-0.3, -0.25) is 29.8 Å². The van der Waals surface area contributed by atoms with Crippen molar-refractivity contribution in [2.45, 2.75) is 26.7 Å². The highest BCUT2D eigenvalue weighted by Crippen LogP contribution is 2.14. The van der Waals surface area contributed by atoms with Crippen LogP contribution in [-0.4, -0.2) is 33.1 Å². The smallest absolute Gasteiger partial charge is 0.270 e. The third kappa shape index (κ3) is 7.09. The van der Waals surface area contributed by atoms with Crippen molar-refractivity contribution in [2.75, 3.05) is 0 Å². The molecule has 2 N–H and O–H groups in total. The number of hydrogen-bond acceptors (Lipinski definition) is 8.